The van der Waals surface area contributed by atoms with E-state index >= 15 is 0 Å². The van der Waals surface area contributed by atoms with E-state index in [9.17, 15) is 4.79 Å². The molecule has 0 spiro atoms. The van der Waals surface area contributed by atoms with Gasteiger partial charge in [0.05, 0.1) is 12.8 Å². The van der Waals surface area contributed by atoms with Crippen LogP contribution in [0.1, 0.15) is 11.3 Å². The molecule has 0 aliphatic heterocycles. The summed E-state index contributed by atoms with van der Waals surface area (Å²) in [6.07, 6.45) is 3.02. The average molecular weight is 244 g/mol. The fourth-order valence-corrected chi connectivity index (χ4v) is 1.42. The first-order valence-corrected chi connectivity index (χ1v) is 5.04. The van der Waals surface area contributed by atoms with Crippen molar-refractivity contribution in [1.29, 1.82) is 0 Å². The third-order valence-electron chi connectivity index (χ3n) is 2.17. The smallest absolute Gasteiger partial charge is 0.269 e. The van der Waals surface area contributed by atoms with Gasteiger partial charge in [-0.3, -0.25) is 14.3 Å². The predicted octanol–water partition coefficient (Wildman–Crippen LogP) is 1.41. The minimum Gasteiger partial charge on any atom is -0.274 e. The van der Waals surface area contributed by atoms with Crippen molar-refractivity contribution >= 4 is 23.6 Å². The van der Waals surface area contributed by atoms with Crippen LogP contribution in [0.3, 0.4) is 0 Å². The number of halogens is 1. The molecular weight excluding hydrogens is 230 g/mol. The summed E-state index contributed by atoms with van der Waals surface area (Å²) in [5.74, 6) is -0.262. The van der Waals surface area contributed by atoms with Gasteiger partial charge >= 0.3 is 0 Å². The maximum Gasteiger partial charge on any atom is 0.269 e. The van der Waals surface area contributed by atoms with E-state index < -0.39 is 0 Å². The molecule has 88 valence electrons. The Hall–Kier alpha value is -1.33. The first-order valence-electron chi connectivity index (χ1n) is 4.66. The summed E-state index contributed by atoms with van der Waals surface area (Å²) in [5.41, 5.74) is 1.51. The molecule has 1 amide bonds. The van der Waals surface area contributed by atoms with Crippen molar-refractivity contribution < 1.29 is 9.63 Å². The number of carbonyl (C=O) groups excluding carboxylic acids is 1. The van der Waals surface area contributed by atoms with Crippen LogP contribution in [-0.4, -0.2) is 34.9 Å². The fourth-order valence-electron chi connectivity index (χ4n) is 1.19. The zero-order chi connectivity index (χ0) is 12.3. The van der Waals surface area contributed by atoms with Crippen LogP contribution in [0.25, 0.3) is 6.08 Å². The van der Waals surface area contributed by atoms with Crippen LogP contribution < -0.4 is 0 Å². The number of rotatable bonds is 3. The second kappa shape index (κ2) is 5.14. The first-order chi connectivity index (χ1) is 7.47. The van der Waals surface area contributed by atoms with Crippen LogP contribution in [0, 0.1) is 6.92 Å². The lowest BCUT2D eigenvalue weighted by Gasteiger charge is -2.09. The first kappa shape index (κ1) is 12.7. The zero-order valence-corrected chi connectivity index (χ0v) is 10.4. The normalized spacial score (nSPS) is 11.1. The van der Waals surface area contributed by atoms with Crippen molar-refractivity contribution in [2.45, 2.75) is 6.92 Å². The molecule has 1 heterocycles. The number of hydroxylamine groups is 2. The minimum absolute atomic E-state index is 0.262. The fraction of sp³-hybridized carbons (Fsp3) is 0.400. The van der Waals surface area contributed by atoms with Gasteiger partial charge in [-0.25, -0.2) is 5.06 Å². The van der Waals surface area contributed by atoms with E-state index in [2.05, 4.69) is 5.10 Å². The molecule has 0 aromatic carbocycles. The summed E-state index contributed by atoms with van der Waals surface area (Å²) in [5, 5.41) is 5.75. The number of hydrogen-bond acceptors (Lipinski definition) is 3. The lowest BCUT2D eigenvalue weighted by molar-refractivity contribution is -0.162. The number of hydrogen-bond donors (Lipinski definition) is 0. The number of carbonyl (C=O) groups is 1. The van der Waals surface area contributed by atoms with E-state index in [4.69, 9.17) is 16.4 Å². The van der Waals surface area contributed by atoms with Gasteiger partial charge in [0, 0.05) is 25.7 Å². The Balaban J connectivity index is 2.88. The largest absolute Gasteiger partial charge is 0.274 e. The Bertz CT molecular complexity index is 426. The molecule has 0 saturated carbocycles. The van der Waals surface area contributed by atoms with E-state index in [0.717, 1.165) is 16.3 Å². The monoisotopic (exact) mass is 243 g/mol. The van der Waals surface area contributed by atoms with Crippen LogP contribution in [0.15, 0.2) is 6.08 Å². The Morgan fingerprint density at radius 2 is 2.25 bits per heavy atom. The van der Waals surface area contributed by atoms with Gasteiger partial charge in [-0.05, 0) is 13.0 Å². The number of nitrogens with zero attached hydrogens (tertiary/aromatic N) is 3. The van der Waals surface area contributed by atoms with Gasteiger partial charge in [-0.15, -0.1) is 0 Å². The van der Waals surface area contributed by atoms with Gasteiger partial charge in [0.1, 0.15) is 5.15 Å². The number of aryl methyl sites for hydroxylation is 2. The number of likely N-dealkylation sites (N-methyl/N-ethyl adjacent to an activating group) is 1. The van der Waals surface area contributed by atoms with E-state index in [-0.39, 0.29) is 5.91 Å². The lowest BCUT2D eigenvalue weighted by Crippen LogP contribution is -2.22. The molecule has 0 bridgehead atoms. The van der Waals surface area contributed by atoms with E-state index in [1.807, 2.05) is 6.92 Å². The molecule has 0 aliphatic rings. The summed E-state index contributed by atoms with van der Waals surface area (Å²) < 4.78 is 1.56. The minimum atomic E-state index is -0.262. The van der Waals surface area contributed by atoms with Crippen molar-refractivity contribution in [2.75, 3.05) is 14.2 Å². The van der Waals surface area contributed by atoms with Gasteiger partial charge in [-0.2, -0.15) is 5.10 Å². The van der Waals surface area contributed by atoms with Crippen LogP contribution in [0.4, 0.5) is 0 Å². The maximum atomic E-state index is 11.4. The third-order valence-corrected chi connectivity index (χ3v) is 2.62. The standard InChI is InChI=1S/C10H14ClN3O2/c1-7-8(10(11)13(2)12-7)5-6-9(15)14(3)16-4/h5-6H,1-4H3. The summed E-state index contributed by atoms with van der Waals surface area (Å²) in [4.78, 5) is 16.2. The van der Waals surface area contributed by atoms with Crippen molar-refractivity contribution in [2.24, 2.45) is 7.05 Å². The Kier molecular flexibility index (Phi) is 4.09. The van der Waals surface area contributed by atoms with Crippen LogP contribution in [0.2, 0.25) is 5.15 Å². The van der Waals surface area contributed by atoms with Crippen molar-refractivity contribution in [3.63, 3.8) is 0 Å². The highest BCUT2D eigenvalue weighted by Crippen LogP contribution is 2.19. The van der Waals surface area contributed by atoms with Crippen LogP contribution in [-0.2, 0) is 16.7 Å². The topological polar surface area (TPSA) is 47.4 Å². The van der Waals surface area contributed by atoms with Crippen molar-refractivity contribution in [1.82, 2.24) is 14.8 Å². The molecule has 0 aliphatic carbocycles. The van der Waals surface area contributed by atoms with Gasteiger partial charge in [0.25, 0.3) is 5.91 Å². The highest BCUT2D eigenvalue weighted by molar-refractivity contribution is 6.31. The summed E-state index contributed by atoms with van der Waals surface area (Å²) in [7, 11) is 4.70. The van der Waals surface area contributed by atoms with Gasteiger partial charge in [0.2, 0.25) is 0 Å². The van der Waals surface area contributed by atoms with E-state index in [1.54, 1.807) is 17.8 Å². The Morgan fingerprint density at radius 3 is 2.69 bits per heavy atom. The molecule has 0 atom stereocenters. The molecule has 0 N–H and O–H groups in total. The molecule has 0 saturated heterocycles. The maximum absolute atomic E-state index is 11.4. The molecule has 0 fully saturated rings. The third kappa shape index (κ3) is 2.62. The second-order valence-corrected chi connectivity index (χ2v) is 3.62. The highest BCUT2D eigenvalue weighted by Gasteiger charge is 2.09. The molecule has 1 aromatic rings. The average Bonchev–Trinajstić information content (AvgIpc) is 2.49. The lowest BCUT2D eigenvalue weighted by atomic mass is 10.2. The van der Waals surface area contributed by atoms with Crippen LogP contribution >= 0.6 is 11.6 Å². The second-order valence-electron chi connectivity index (χ2n) is 3.27. The van der Waals surface area contributed by atoms with Gasteiger partial charge < -0.3 is 0 Å². The molecule has 1 rings (SSSR count). The highest BCUT2D eigenvalue weighted by atomic mass is 35.5. The van der Waals surface area contributed by atoms with Crippen molar-refractivity contribution in [3.8, 4) is 0 Å². The van der Waals surface area contributed by atoms with Crippen molar-refractivity contribution in [3.05, 3.63) is 22.5 Å². The summed E-state index contributed by atoms with van der Waals surface area (Å²) in [6, 6.07) is 0. The van der Waals surface area contributed by atoms with E-state index in [0.29, 0.717) is 5.15 Å². The molecule has 1 aromatic heterocycles. The Labute approximate surface area is 99.2 Å². The number of aromatic nitrogens is 2. The summed E-state index contributed by atoms with van der Waals surface area (Å²) in [6.45, 7) is 1.83. The van der Waals surface area contributed by atoms with Gasteiger partial charge in [-0.1, -0.05) is 11.6 Å². The van der Waals surface area contributed by atoms with Crippen LogP contribution in [0.5, 0.6) is 0 Å². The van der Waals surface area contributed by atoms with E-state index in [1.165, 1.54) is 20.2 Å². The molecule has 0 radical (unpaired) electrons. The quantitative estimate of drug-likeness (QED) is 0.596. The molecule has 6 heteroatoms. The molecular formula is C10H14ClN3O2. The number of amides is 1. The molecule has 5 nitrogen and oxygen atoms in total. The van der Waals surface area contributed by atoms with Gasteiger partial charge in [0.15, 0.2) is 0 Å². The predicted molar refractivity (Wildman–Crippen MR) is 61.8 cm³/mol. The summed E-state index contributed by atoms with van der Waals surface area (Å²) >= 11 is 6.00. The molecule has 0 unspecified atom stereocenters. The zero-order valence-electron chi connectivity index (χ0n) is 9.69. The molecule has 16 heavy (non-hydrogen) atoms. The SMILES string of the molecule is CON(C)C(=O)C=Cc1c(C)nn(C)c1Cl. The Morgan fingerprint density at radius 1 is 1.62 bits per heavy atom.